The van der Waals surface area contributed by atoms with E-state index in [-0.39, 0.29) is 0 Å². The molecule has 0 atom stereocenters. The van der Waals surface area contributed by atoms with E-state index in [2.05, 4.69) is 190 Å². The third kappa shape index (κ3) is 5.60. The quantitative estimate of drug-likeness (QED) is 0.122. The van der Waals surface area contributed by atoms with Crippen LogP contribution < -0.4 is 41.5 Å². The predicted octanol–water partition coefficient (Wildman–Crippen LogP) is 8.96. The molecule has 10 rings (SSSR count). The highest BCUT2D eigenvalue weighted by molar-refractivity contribution is 8.00. The molecule has 2 aliphatic heterocycles. The van der Waals surface area contributed by atoms with Gasteiger partial charge in [-0.1, -0.05) is 214 Å². The first-order chi connectivity index (χ1) is 27.6. The lowest BCUT2D eigenvalue weighted by Gasteiger charge is -2.40. The Labute approximate surface area is 346 Å². The van der Waals surface area contributed by atoms with E-state index in [1.165, 1.54) is 77.8 Å². The van der Waals surface area contributed by atoms with Crippen molar-refractivity contribution in [2.45, 2.75) is 77.3 Å². The lowest BCUT2D eigenvalue weighted by Crippen LogP contribution is -2.76. The number of hydrogen-bond acceptors (Lipinski definition) is 2. The molecular formula is C51H48S2Si3. The van der Waals surface area contributed by atoms with E-state index < -0.39 is 30.1 Å². The van der Waals surface area contributed by atoms with Crippen LogP contribution in [0.15, 0.2) is 183 Å². The van der Waals surface area contributed by atoms with Crippen molar-refractivity contribution in [3.8, 4) is 11.1 Å². The van der Waals surface area contributed by atoms with Crippen LogP contribution in [0.2, 0.25) is 26.2 Å². The van der Waals surface area contributed by atoms with Crippen molar-refractivity contribution in [2.75, 3.05) is 0 Å². The van der Waals surface area contributed by atoms with Crippen LogP contribution in [0.5, 0.6) is 0 Å². The van der Waals surface area contributed by atoms with E-state index in [1.54, 1.807) is 0 Å². The van der Waals surface area contributed by atoms with E-state index in [9.17, 15) is 1.37 Å². The molecule has 3 aliphatic rings. The van der Waals surface area contributed by atoms with Gasteiger partial charge in [-0.05, 0) is 89.1 Å². The first-order valence-corrected chi connectivity index (χ1v) is 29.9. The van der Waals surface area contributed by atoms with Crippen molar-refractivity contribution >= 4 is 89.2 Å². The maximum atomic E-state index is 10.4. The zero-order chi connectivity index (χ0) is 39.0. The summed E-state index contributed by atoms with van der Waals surface area (Å²) in [7, 11) is -6.95. The lowest BCUT2D eigenvalue weighted by atomic mass is 9.89. The van der Waals surface area contributed by atoms with E-state index in [0.29, 0.717) is 0 Å². The monoisotopic (exact) mass is 809 g/mol. The summed E-state index contributed by atoms with van der Waals surface area (Å²) < 4.78 is 10.4. The van der Waals surface area contributed by atoms with Gasteiger partial charge in [0.2, 0.25) is 0 Å². The van der Waals surface area contributed by atoms with Crippen LogP contribution in [0.3, 0.4) is 0 Å². The lowest BCUT2D eigenvalue weighted by molar-refractivity contribution is 0.725. The van der Waals surface area contributed by atoms with Gasteiger partial charge < -0.3 is 0 Å². The Morgan fingerprint density at radius 2 is 0.982 bits per heavy atom. The Balaban J connectivity index is 1.28. The SMILES string of the molecule is [2H]C1(c2cc([Si](c3ccccc3)(c3ccccc3)c3cccc4c3Sc3ccccc3[Si]4(C)C)ccc2-c2cccc3c2Sc2ccccc2[Si]3(C)C)CCCC1. The van der Waals surface area contributed by atoms with E-state index in [1.807, 2.05) is 23.5 Å². The zero-order valence-electron chi connectivity index (χ0n) is 33.7. The van der Waals surface area contributed by atoms with Gasteiger partial charge in [-0.25, -0.2) is 0 Å². The van der Waals surface area contributed by atoms with Crippen molar-refractivity contribution in [3.05, 3.63) is 169 Å². The van der Waals surface area contributed by atoms with Gasteiger partial charge in [0.05, 0.1) is 0 Å². The standard InChI is InChI=1S/C51H48S2Si3/c1-54(2)45-28-15-13-26-43(45)52-50-41(25-17-30-47(50)54)40-34-33-39(35-42(40)36-19-11-12-20-36)56(37-21-7-5-8-22-37,38-23-9-6-10-24-38)49-32-18-31-48-51(49)53-44-27-14-16-29-46(44)55(48,3)4/h5-10,13-18,21-36H,11-12,19-20H2,1-4H3/i36D. The predicted molar refractivity (Wildman–Crippen MR) is 251 cm³/mol. The molecule has 0 radical (unpaired) electrons. The summed E-state index contributed by atoms with van der Waals surface area (Å²) in [5, 5.41) is 11.8. The first kappa shape index (κ1) is 35.1. The van der Waals surface area contributed by atoms with E-state index in [4.69, 9.17) is 0 Å². The minimum Gasteiger partial charge on any atom is -0.0904 e. The third-order valence-electron chi connectivity index (χ3n) is 13.1. The molecular weight excluding hydrogens is 761 g/mol. The maximum absolute atomic E-state index is 10.4. The summed E-state index contributed by atoms with van der Waals surface area (Å²) in [5.41, 5.74) is 3.77. The van der Waals surface area contributed by atoms with Crippen LogP contribution in [-0.2, 0) is 0 Å². The van der Waals surface area contributed by atoms with E-state index in [0.717, 1.165) is 25.7 Å². The molecule has 0 nitrogen and oxygen atoms in total. The highest BCUT2D eigenvalue weighted by Gasteiger charge is 2.47. The molecule has 0 amide bonds. The molecule has 7 aromatic rings. The van der Waals surface area contributed by atoms with Crippen molar-refractivity contribution < 1.29 is 1.37 Å². The molecule has 1 fully saturated rings. The number of fused-ring (bicyclic) bond motifs is 4. The highest BCUT2D eigenvalue weighted by Crippen LogP contribution is 2.44. The molecule has 7 aromatic carbocycles. The third-order valence-corrected chi connectivity index (χ3v) is 28.3. The Morgan fingerprint density at radius 3 is 1.59 bits per heavy atom. The second-order valence-electron chi connectivity index (χ2n) is 16.9. The minimum absolute atomic E-state index is 0.648. The Hall–Kier alpha value is -4.11. The topological polar surface area (TPSA) is 0 Å². The van der Waals surface area contributed by atoms with Crippen LogP contribution in [0.1, 0.15) is 38.5 Å². The van der Waals surface area contributed by atoms with Crippen LogP contribution >= 0.6 is 23.5 Å². The Morgan fingerprint density at radius 1 is 0.482 bits per heavy atom. The van der Waals surface area contributed by atoms with Crippen LogP contribution in [0.25, 0.3) is 11.1 Å². The smallest absolute Gasteiger partial charge is 0.0904 e. The van der Waals surface area contributed by atoms with Gasteiger partial charge in [0.15, 0.2) is 8.07 Å². The van der Waals surface area contributed by atoms with E-state index >= 15 is 0 Å². The van der Waals surface area contributed by atoms with Gasteiger partial charge in [-0.15, -0.1) is 0 Å². The molecule has 56 heavy (non-hydrogen) atoms. The Kier molecular flexibility index (Phi) is 8.81. The fourth-order valence-electron chi connectivity index (χ4n) is 10.2. The molecule has 0 unspecified atom stereocenters. The van der Waals surface area contributed by atoms with Gasteiger partial charge in [0, 0.05) is 21.0 Å². The van der Waals surface area contributed by atoms with Gasteiger partial charge in [-0.3, -0.25) is 0 Å². The molecule has 1 aliphatic carbocycles. The molecule has 2 heterocycles. The molecule has 0 N–H and O–H groups in total. The van der Waals surface area contributed by atoms with Crippen molar-refractivity contribution in [1.82, 2.24) is 0 Å². The fourth-order valence-corrected chi connectivity index (χ4v) is 26.7. The molecule has 0 spiro atoms. The van der Waals surface area contributed by atoms with Gasteiger partial charge in [0.1, 0.15) is 16.1 Å². The van der Waals surface area contributed by atoms with Gasteiger partial charge in [-0.2, -0.15) is 0 Å². The molecule has 276 valence electrons. The fraction of sp³-hybridized carbons (Fsp3) is 0.176. The maximum Gasteiger partial charge on any atom is 0.180 e. The molecule has 5 heteroatoms. The Bertz CT molecular complexity index is 2630. The summed E-state index contributed by atoms with van der Waals surface area (Å²) in [5.74, 6) is -0.648. The first-order valence-electron chi connectivity index (χ1n) is 20.7. The summed E-state index contributed by atoms with van der Waals surface area (Å²) in [6, 6.07) is 63.0. The average Bonchev–Trinajstić information content (AvgIpc) is 3.69. The van der Waals surface area contributed by atoms with Gasteiger partial charge in [0.25, 0.3) is 0 Å². The second kappa shape index (κ2) is 14.1. The molecule has 1 saturated carbocycles. The van der Waals surface area contributed by atoms with Crippen molar-refractivity contribution in [3.63, 3.8) is 0 Å². The zero-order valence-corrected chi connectivity index (χ0v) is 37.4. The molecule has 0 aromatic heterocycles. The largest absolute Gasteiger partial charge is 0.180 e. The minimum atomic E-state index is -2.98. The van der Waals surface area contributed by atoms with Crippen LogP contribution in [-0.4, -0.2) is 24.2 Å². The molecule has 0 saturated heterocycles. The normalized spacial score (nSPS) is 17.5. The summed E-state index contributed by atoms with van der Waals surface area (Å²) >= 11 is 3.94. The van der Waals surface area contributed by atoms with Gasteiger partial charge >= 0.3 is 0 Å². The molecule has 0 bridgehead atoms. The summed E-state index contributed by atoms with van der Waals surface area (Å²) in [6.07, 6.45) is 3.99. The van der Waals surface area contributed by atoms with Crippen LogP contribution in [0, 0.1) is 0 Å². The van der Waals surface area contributed by atoms with Crippen molar-refractivity contribution in [1.29, 1.82) is 0 Å². The second-order valence-corrected chi connectivity index (χ2v) is 31.4. The average molecular weight is 810 g/mol. The number of hydrogen-bond donors (Lipinski definition) is 0. The highest BCUT2D eigenvalue weighted by atomic mass is 32.2. The summed E-state index contributed by atoms with van der Waals surface area (Å²) in [4.78, 5) is 5.66. The van der Waals surface area contributed by atoms with Crippen molar-refractivity contribution in [2.24, 2.45) is 0 Å². The number of benzene rings is 7. The summed E-state index contributed by atoms with van der Waals surface area (Å²) in [6.45, 7) is 10.1. The van der Waals surface area contributed by atoms with Crippen LogP contribution in [0.4, 0.5) is 0 Å². The number of rotatable bonds is 6.